The zero-order valence-corrected chi connectivity index (χ0v) is 15.0. The summed E-state index contributed by atoms with van der Waals surface area (Å²) in [6.07, 6.45) is 4.24. The Morgan fingerprint density at radius 2 is 1.17 bits per heavy atom. The van der Waals surface area contributed by atoms with Crippen molar-refractivity contribution in [2.24, 2.45) is 0 Å². The molecule has 1 heterocycles. The molecule has 0 aliphatic heterocycles. The Balaban J connectivity index is 0.000000960. The summed E-state index contributed by atoms with van der Waals surface area (Å²) in [5.41, 5.74) is 1.39. The van der Waals surface area contributed by atoms with E-state index in [4.69, 9.17) is 0 Å². The van der Waals surface area contributed by atoms with Crippen LogP contribution in [-0.4, -0.2) is 5.48 Å². The Kier molecular flexibility index (Phi) is 5.69. The highest BCUT2D eigenvalue weighted by Crippen LogP contribution is 2.28. The van der Waals surface area contributed by atoms with Gasteiger partial charge >= 0.3 is 0 Å². The fourth-order valence-corrected chi connectivity index (χ4v) is 3.00. The Bertz CT molecular complexity index is 868. The van der Waals surface area contributed by atoms with Crippen molar-refractivity contribution in [1.82, 2.24) is 0 Å². The van der Waals surface area contributed by atoms with Crippen LogP contribution in [0.15, 0.2) is 85.2 Å². The molecule has 4 aromatic rings. The van der Waals surface area contributed by atoms with E-state index in [1.54, 1.807) is 0 Å². The first kappa shape index (κ1) is 17.4. The second kappa shape index (κ2) is 7.53. The zero-order chi connectivity index (χ0) is 14.1. The third kappa shape index (κ3) is 3.35. The number of hydrogen-bond acceptors (Lipinski definition) is 0. The first-order valence-corrected chi connectivity index (χ1v) is 7.25. The fourth-order valence-electron chi connectivity index (χ4n) is 3.00. The Labute approximate surface area is 152 Å². The number of nitrogens with zero attached hydrogens (tertiary/aromatic N) is 1. The van der Waals surface area contributed by atoms with Crippen molar-refractivity contribution < 1.29 is 10.0 Å². The normalized spacial score (nSPS) is 10.1. The van der Waals surface area contributed by atoms with E-state index in [0.29, 0.717) is 0 Å². The molecule has 0 saturated heterocycles. The minimum Gasteiger partial charge on any atom is -0.412 e. The smallest absolute Gasteiger partial charge is 0.175 e. The molecule has 116 valence electrons. The molecule has 0 aliphatic carbocycles. The summed E-state index contributed by atoms with van der Waals surface area (Å²) < 4.78 is 2.23. The standard InChI is InChI=1S/C20H16N.HI.H2O/c1-6-12-21(13-7-1)15-20-18-10-4-2-8-16(18)14-17-9-3-5-11-19(17)20;;/h1-14H,15H2;1H;1H2/q+1;;. The van der Waals surface area contributed by atoms with Crippen LogP contribution >= 0.6 is 24.0 Å². The quantitative estimate of drug-likeness (QED) is 0.268. The molecule has 0 saturated carbocycles. The van der Waals surface area contributed by atoms with E-state index < -0.39 is 0 Å². The predicted molar refractivity (Wildman–Crippen MR) is 106 cm³/mol. The summed E-state index contributed by atoms with van der Waals surface area (Å²) in [5, 5.41) is 5.30. The molecule has 0 atom stereocenters. The number of pyridine rings is 1. The highest BCUT2D eigenvalue weighted by Gasteiger charge is 2.11. The molecule has 4 rings (SSSR count). The van der Waals surface area contributed by atoms with Gasteiger partial charge in [0.15, 0.2) is 18.9 Å². The van der Waals surface area contributed by atoms with Crippen molar-refractivity contribution in [2.75, 3.05) is 0 Å². The van der Waals surface area contributed by atoms with Crippen LogP contribution in [0, 0.1) is 0 Å². The SMILES string of the molecule is I.O.c1cc[n+](Cc2c3ccccc3cc3ccccc23)cc1. The van der Waals surface area contributed by atoms with Gasteiger partial charge in [-0.1, -0.05) is 54.6 Å². The van der Waals surface area contributed by atoms with E-state index >= 15 is 0 Å². The molecule has 0 aliphatic rings. The number of hydrogen-bond donors (Lipinski definition) is 0. The number of benzene rings is 3. The van der Waals surface area contributed by atoms with Crippen molar-refractivity contribution in [3.05, 3.63) is 90.8 Å². The van der Waals surface area contributed by atoms with Gasteiger partial charge in [-0.3, -0.25) is 0 Å². The molecule has 0 spiro atoms. The average Bonchev–Trinajstić information content (AvgIpc) is 2.55. The van der Waals surface area contributed by atoms with Gasteiger partial charge in [0.2, 0.25) is 0 Å². The van der Waals surface area contributed by atoms with Crippen LogP contribution in [0.5, 0.6) is 0 Å². The summed E-state index contributed by atoms with van der Waals surface area (Å²) in [5.74, 6) is 0. The molecule has 2 nitrogen and oxygen atoms in total. The first-order chi connectivity index (χ1) is 10.4. The van der Waals surface area contributed by atoms with Gasteiger partial charge < -0.3 is 5.48 Å². The monoisotopic (exact) mass is 416 g/mol. The van der Waals surface area contributed by atoms with Crippen molar-refractivity contribution in [1.29, 1.82) is 0 Å². The topological polar surface area (TPSA) is 35.4 Å². The lowest BCUT2D eigenvalue weighted by Crippen LogP contribution is -2.33. The second-order valence-electron chi connectivity index (χ2n) is 5.35. The number of aromatic nitrogens is 1. The van der Waals surface area contributed by atoms with Crippen molar-refractivity contribution in [3.63, 3.8) is 0 Å². The minimum absolute atomic E-state index is 0. The van der Waals surface area contributed by atoms with Crippen molar-refractivity contribution in [3.8, 4) is 0 Å². The number of rotatable bonds is 2. The van der Waals surface area contributed by atoms with E-state index in [2.05, 4.69) is 89.8 Å². The van der Waals surface area contributed by atoms with E-state index in [0.717, 1.165) is 6.54 Å². The van der Waals surface area contributed by atoms with Crippen LogP contribution in [0.3, 0.4) is 0 Å². The lowest BCUT2D eigenvalue weighted by Gasteiger charge is -2.09. The molecule has 0 fully saturated rings. The van der Waals surface area contributed by atoms with Crippen LogP contribution in [0.4, 0.5) is 0 Å². The summed E-state index contributed by atoms with van der Waals surface area (Å²) >= 11 is 0. The van der Waals surface area contributed by atoms with Crippen LogP contribution < -0.4 is 4.57 Å². The maximum atomic E-state index is 2.28. The summed E-state index contributed by atoms with van der Waals surface area (Å²) in [6, 6.07) is 25.8. The molecular formula is C20H19INO+. The Morgan fingerprint density at radius 1 is 0.652 bits per heavy atom. The highest BCUT2D eigenvalue weighted by atomic mass is 127. The summed E-state index contributed by atoms with van der Waals surface area (Å²) in [7, 11) is 0. The van der Waals surface area contributed by atoms with Gasteiger partial charge in [0.1, 0.15) is 0 Å². The van der Waals surface area contributed by atoms with Gasteiger partial charge in [-0.25, -0.2) is 4.57 Å². The van der Waals surface area contributed by atoms with Crippen LogP contribution in [0.1, 0.15) is 5.56 Å². The van der Waals surface area contributed by atoms with Gasteiger partial charge in [0.25, 0.3) is 0 Å². The van der Waals surface area contributed by atoms with E-state index in [-0.39, 0.29) is 29.5 Å². The molecule has 0 amide bonds. The molecule has 2 N–H and O–H groups in total. The van der Waals surface area contributed by atoms with Gasteiger partial charge in [-0.15, -0.1) is 24.0 Å². The molecule has 0 bridgehead atoms. The summed E-state index contributed by atoms with van der Waals surface area (Å²) in [6.45, 7) is 0.892. The Hall–Kier alpha value is -1.98. The van der Waals surface area contributed by atoms with Gasteiger partial charge in [0.05, 0.1) is 0 Å². The van der Waals surface area contributed by atoms with Crippen molar-refractivity contribution >= 4 is 45.5 Å². The second-order valence-corrected chi connectivity index (χ2v) is 5.35. The largest absolute Gasteiger partial charge is 0.412 e. The van der Waals surface area contributed by atoms with Gasteiger partial charge in [0, 0.05) is 17.7 Å². The van der Waals surface area contributed by atoms with Gasteiger partial charge in [-0.2, -0.15) is 0 Å². The maximum Gasteiger partial charge on any atom is 0.175 e. The summed E-state index contributed by atoms with van der Waals surface area (Å²) in [4.78, 5) is 0. The molecule has 0 unspecified atom stereocenters. The maximum absolute atomic E-state index is 2.28. The molecular weight excluding hydrogens is 397 g/mol. The van der Waals surface area contributed by atoms with Crippen molar-refractivity contribution in [2.45, 2.75) is 6.54 Å². The molecule has 3 aromatic carbocycles. The highest BCUT2D eigenvalue weighted by molar-refractivity contribution is 14.0. The van der Waals surface area contributed by atoms with E-state index in [1.807, 2.05) is 0 Å². The van der Waals surface area contributed by atoms with E-state index in [9.17, 15) is 0 Å². The lowest BCUT2D eigenvalue weighted by atomic mass is 9.96. The average molecular weight is 416 g/mol. The number of halogens is 1. The molecule has 0 radical (unpaired) electrons. The first-order valence-electron chi connectivity index (χ1n) is 7.25. The third-order valence-corrected chi connectivity index (χ3v) is 4.00. The van der Waals surface area contributed by atoms with E-state index in [1.165, 1.54) is 27.1 Å². The Morgan fingerprint density at radius 3 is 1.74 bits per heavy atom. The van der Waals surface area contributed by atoms with Crippen LogP contribution in [-0.2, 0) is 6.54 Å². The van der Waals surface area contributed by atoms with Crippen LogP contribution in [0.25, 0.3) is 21.5 Å². The number of fused-ring (bicyclic) bond motifs is 2. The van der Waals surface area contributed by atoms with Crippen LogP contribution in [0.2, 0.25) is 0 Å². The predicted octanol–water partition coefficient (Wildman–Crippen LogP) is 4.12. The minimum atomic E-state index is 0. The molecule has 1 aromatic heterocycles. The fraction of sp³-hybridized carbons (Fsp3) is 0.0500. The lowest BCUT2D eigenvalue weighted by molar-refractivity contribution is -0.688. The zero-order valence-electron chi connectivity index (χ0n) is 12.6. The molecule has 23 heavy (non-hydrogen) atoms. The third-order valence-electron chi connectivity index (χ3n) is 4.00. The molecule has 3 heteroatoms. The van der Waals surface area contributed by atoms with Gasteiger partial charge in [-0.05, 0) is 27.6 Å².